The fraction of sp³-hybridized carbons (Fsp3) is 0.294. The van der Waals surface area contributed by atoms with Gasteiger partial charge in [0, 0.05) is 16.1 Å². The van der Waals surface area contributed by atoms with Gasteiger partial charge in [0.1, 0.15) is 11.5 Å². The van der Waals surface area contributed by atoms with E-state index in [1.54, 1.807) is 0 Å². The van der Waals surface area contributed by atoms with Crippen LogP contribution in [0.2, 0.25) is 5.02 Å². The molecule has 2 nitrogen and oxygen atoms in total. The van der Waals surface area contributed by atoms with E-state index in [4.69, 9.17) is 16.3 Å². The summed E-state index contributed by atoms with van der Waals surface area (Å²) < 4.78 is 7.04. The summed E-state index contributed by atoms with van der Waals surface area (Å²) in [6.07, 6.45) is 1.10. The van der Waals surface area contributed by atoms with Gasteiger partial charge in [-0.15, -0.1) is 0 Å². The van der Waals surface area contributed by atoms with Gasteiger partial charge in [0.25, 0.3) is 0 Å². The molecule has 0 aromatic heterocycles. The molecule has 0 spiro atoms. The van der Waals surface area contributed by atoms with Crippen molar-refractivity contribution < 1.29 is 4.74 Å². The Morgan fingerprint density at radius 3 is 2.67 bits per heavy atom. The van der Waals surface area contributed by atoms with Crippen LogP contribution in [-0.2, 0) is 0 Å². The van der Waals surface area contributed by atoms with Crippen molar-refractivity contribution in [1.29, 1.82) is 0 Å². The second-order valence-electron chi connectivity index (χ2n) is 4.89. The van der Waals surface area contributed by atoms with Crippen LogP contribution in [0.1, 0.15) is 31.9 Å². The number of ether oxygens (including phenoxy) is 1. The number of halogens is 2. The maximum atomic E-state index is 6.17. The fourth-order valence-corrected chi connectivity index (χ4v) is 2.62. The highest BCUT2D eigenvalue weighted by atomic mass is 79.9. The molecule has 0 saturated heterocycles. The van der Waals surface area contributed by atoms with Crippen molar-refractivity contribution in [1.82, 2.24) is 5.32 Å². The Morgan fingerprint density at radius 2 is 1.95 bits per heavy atom. The van der Waals surface area contributed by atoms with Crippen molar-refractivity contribution >= 4 is 27.5 Å². The third kappa shape index (κ3) is 4.47. The molecule has 2 rings (SSSR count). The zero-order valence-electron chi connectivity index (χ0n) is 12.2. The molecule has 0 aliphatic carbocycles. The smallest absolute Gasteiger partial charge is 0.146 e. The minimum absolute atomic E-state index is 0.208. The molecule has 112 valence electrons. The molecule has 1 unspecified atom stereocenters. The van der Waals surface area contributed by atoms with Crippen molar-refractivity contribution in [3.63, 3.8) is 0 Å². The lowest BCUT2D eigenvalue weighted by atomic mass is 10.1. The standard InChI is InChI=1S/C17H19BrClNO/c1-3-10-20-12(2)14-11-13(18)8-9-16(14)21-17-7-5-4-6-15(17)19/h4-9,11-12,20H,3,10H2,1-2H3. The normalized spacial score (nSPS) is 12.2. The van der Waals surface area contributed by atoms with E-state index < -0.39 is 0 Å². The zero-order valence-corrected chi connectivity index (χ0v) is 14.5. The van der Waals surface area contributed by atoms with E-state index in [1.165, 1.54) is 0 Å². The second-order valence-corrected chi connectivity index (χ2v) is 6.21. The highest BCUT2D eigenvalue weighted by Gasteiger charge is 2.13. The zero-order chi connectivity index (χ0) is 15.2. The van der Waals surface area contributed by atoms with Crippen molar-refractivity contribution in [2.24, 2.45) is 0 Å². The molecule has 1 atom stereocenters. The summed E-state index contributed by atoms with van der Waals surface area (Å²) >= 11 is 9.69. The summed E-state index contributed by atoms with van der Waals surface area (Å²) in [5.41, 5.74) is 1.11. The number of benzene rings is 2. The molecule has 0 aliphatic heterocycles. The molecule has 4 heteroatoms. The van der Waals surface area contributed by atoms with Crippen molar-refractivity contribution in [3.8, 4) is 11.5 Å². The molecule has 1 N–H and O–H groups in total. The molecule has 0 amide bonds. The van der Waals surface area contributed by atoms with Gasteiger partial charge in [0.05, 0.1) is 5.02 Å². The Hall–Kier alpha value is -1.03. The molecule has 0 saturated carbocycles. The predicted molar refractivity (Wildman–Crippen MR) is 92.4 cm³/mol. The lowest BCUT2D eigenvalue weighted by molar-refractivity contribution is 0.461. The predicted octanol–water partition coefficient (Wildman–Crippen LogP) is 5.96. The Morgan fingerprint density at radius 1 is 1.19 bits per heavy atom. The van der Waals surface area contributed by atoms with E-state index in [0.29, 0.717) is 10.8 Å². The molecule has 0 aliphatic rings. The Labute approximate surface area is 139 Å². The summed E-state index contributed by atoms with van der Waals surface area (Å²) in [5.74, 6) is 1.49. The Bertz CT molecular complexity index is 603. The molecule has 0 heterocycles. The van der Waals surface area contributed by atoms with Crippen LogP contribution in [-0.4, -0.2) is 6.54 Å². The molecular formula is C17H19BrClNO. The third-order valence-corrected chi connectivity index (χ3v) is 4.00. The summed E-state index contributed by atoms with van der Waals surface area (Å²) in [6.45, 7) is 5.26. The van der Waals surface area contributed by atoms with Gasteiger partial charge in [-0.3, -0.25) is 0 Å². The first kappa shape index (κ1) is 16.3. The summed E-state index contributed by atoms with van der Waals surface area (Å²) in [7, 11) is 0. The maximum absolute atomic E-state index is 6.17. The topological polar surface area (TPSA) is 21.3 Å². The minimum atomic E-state index is 0.208. The highest BCUT2D eigenvalue weighted by molar-refractivity contribution is 9.10. The van der Waals surface area contributed by atoms with Crippen LogP contribution in [0.3, 0.4) is 0 Å². The number of para-hydroxylation sites is 1. The van der Waals surface area contributed by atoms with Gasteiger partial charge in [-0.05, 0) is 50.2 Å². The highest BCUT2D eigenvalue weighted by Crippen LogP contribution is 2.34. The average Bonchev–Trinajstić information content (AvgIpc) is 2.48. The van der Waals surface area contributed by atoms with Crippen molar-refractivity contribution in [2.75, 3.05) is 6.54 Å². The largest absolute Gasteiger partial charge is 0.455 e. The first-order valence-electron chi connectivity index (χ1n) is 7.07. The monoisotopic (exact) mass is 367 g/mol. The summed E-state index contributed by atoms with van der Waals surface area (Å²) in [5, 5.41) is 4.09. The van der Waals surface area contributed by atoms with Gasteiger partial charge in [-0.1, -0.05) is 46.6 Å². The van der Waals surface area contributed by atoms with Crippen molar-refractivity contribution in [3.05, 3.63) is 57.5 Å². The molecule has 0 fully saturated rings. The molecule has 0 radical (unpaired) electrons. The average molecular weight is 369 g/mol. The minimum Gasteiger partial charge on any atom is -0.455 e. The van der Waals surface area contributed by atoms with Crippen LogP contribution in [0.25, 0.3) is 0 Å². The third-order valence-electron chi connectivity index (χ3n) is 3.20. The van der Waals surface area contributed by atoms with E-state index in [9.17, 15) is 0 Å². The van der Waals surface area contributed by atoms with E-state index in [0.717, 1.165) is 28.8 Å². The van der Waals surface area contributed by atoms with Crippen LogP contribution in [0.15, 0.2) is 46.9 Å². The number of hydrogen-bond acceptors (Lipinski definition) is 2. The Kier molecular flexibility index (Phi) is 6.09. The molecule has 21 heavy (non-hydrogen) atoms. The number of nitrogens with one attached hydrogen (secondary N) is 1. The maximum Gasteiger partial charge on any atom is 0.146 e. The SMILES string of the molecule is CCCNC(C)c1cc(Br)ccc1Oc1ccccc1Cl. The summed E-state index contributed by atoms with van der Waals surface area (Å²) in [4.78, 5) is 0. The van der Waals surface area contributed by atoms with Crippen LogP contribution in [0.4, 0.5) is 0 Å². The Balaban J connectivity index is 2.28. The van der Waals surface area contributed by atoms with Crippen LogP contribution < -0.4 is 10.1 Å². The van der Waals surface area contributed by atoms with Crippen LogP contribution in [0.5, 0.6) is 11.5 Å². The lowest BCUT2D eigenvalue weighted by Crippen LogP contribution is -2.19. The van der Waals surface area contributed by atoms with Crippen molar-refractivity contribution in [2.45, 2.75) is 26.3 Å². The van der Waals surface area contributed by atoms with Gasteiger partial charge < -0.3 is 10.1 Å². The number of rotatable bonds is 6. The van der Waals surface area contributed by atoms with Gasteiger partial charge in [0.15, 0.2) is 0 Å². The quantitative estimate of drug-likeness (QED) is 0.679. The molecule has 2 aromatic rings. The molecule has 2 aromatic carbocycles. The van der Waals surface area contributed by atoms with Gasteiger partial charge in [0.2, 0.25) is 0 Å². The first-order valence-corrected chi connectivity index (χ1v) is 8.24. The van der Waals surface area contributed by atoms with E-state index >= 15 is 0 Å². The van der Waals surface area contributed by atoms with Crippen LogP contribution in [0, 0.1) is 0 Å². The van der Waals surface area contributed by atoms with E-state index in [2.05, 4.69) is 41.2 Å². The summed E-state index contributed by atoms with van der Waals surface area (Å²) in [6, 6.07) is 13.7. The van der Waals surface area contributed by atoms with E-state index in [1.807, 2.05) is 36.4 Å². The lowest BCUT2D eigenvalue weighted by Gasteiger charge is -2.19. The second kappa shape index (κ2) is 7.83. The molecule has 0 bridgehead atoms. The van der Waals surface area contributed by atoms with Crippen LogP contribution >= 0.6 is 27.5 Å². The first-order chi connectivity index (χ1) is 10.1. The van der Waals surface area contributed by atoms with Gasteiger partial charge in [-0.25, -0.2) is 0 Å². The molecular weight excluding hydrogens is 350 g/mol. The van der Waals surface area contributed by atoms with Gasteiger partial charge >= 0.3 is 0 Å². The fourth-order valence-electron chi connectivity index (χ4n) is 2.07. The van der Waals surface area contributed by atoms with Gasteiger partial charge in [-0.2, -0.15) is 0 Å². The number of hydrogen-bond donors (Lipinski definition) is 1. The van der Waals surface area contributed by atoms with E-state index in [-0.39, 0.29) is 6.04 Å².